The van der Waals surface area contributed by atoms with E-state index in [1.165, 1.54) is 19.1 Å². The highest BCUT2D eigenvalue weighted by Gasteiger charge is 2.19. The Balaban J connectivity index is 1.59. The van der Waals surface area contributed by atoms with Crippen molar-refractivity contribution >= 4 is 39.9 Å². The van der Waals surface area contributed by atoms with E-state index in [4.69, 9.17) is 16.3 Å². The summed E-state index contributed by atoms with van der Waals surface area (Å²) in [5.74, 6) is -1.57. The van der Waals surface area contributed by atoms with Crippen molar-refractivity contribution in [2.24, 2.45) is 0 Å². The van der Waals surface area contributed by atoms with Crippen LogP contribution < -0.4 is 5.32 Å². The van der Waals surface area contributed by atoms with Gasteiger partial charge in [0.2, 0.25) is 0 Å². The summed E-state index contributed by atoms with van der Waals surface area (Å²) in [5.41, 5.74) is 1.05. The van der Waals surface area contributed by atoms with E-state index in [1.807, 2.05) is 42.5 Å². The van der Waals surface area contributed by atoms with Gasteiger partial charge in [-0.1, -0.05) is 54.1 Å². The van der Waals surface area contributed by atoms with Gasteiger partial charge in [0.1, 0.15) is 5.82 Å². The van der Waals surface area contributed by atoms with E-state index < -0.39 is 23.8 Å². The number of ether oxygens (including phenoxy) is 1. The minimum Gasteiger partial charge on any atom is -0.452 e. The molecule has 0 aliphatic carbocycles. The maximum Gasteiger partial charge on any atom is 0.311 e. The van der Waals surface area contributed by atoms with Crippen molar-refractivity contribution in [2.75, 3.05) is 5.32 Å². The summed E-state index contributed by atoms with van der Waals surface area (Å²) in [7, 11) is 0. The summed E-state index contributed by atoms with van der Waals surface area (Å²) in [4.78, 5) is 24.3. The second kappa shape index (κ2) is 8.18. The summed E-state index contributed by atoms with van der Waals surface area (Å²) in [6, 6.07) is 17.2. The lowest BCUT2D eigenvalue weighted by Gasteiger charge is -2.14. The molecule has 0 aliphatic rings. The molecule has 1 N–H and O–H groups in total. The number of carbonyl (C=O) groups is 2. The normalized spacial score (nSPS) is 11.8. The second-order valence-corrected chi connectivity index (χ2v) is 6.51. The minimum absolute atomic E-state index is 0.0553. The Morgan fingerprint density at radius 2 is 1.81 bits per heavy atom. The average Bonchev–Trinajstić information content (AvgIpc) is 2.63. The third kappa shape index (κ3) is 4.83. The lowest BCUT2D eigenvalue weighted by atomic mass is 10.1. The number of halogens is 2. The van der Waals surface area contributed by atoms with Crippen LogP contribution in [0.4, 0.5) is 10.1 Å². The van der Waals surface area contributed by atoms with Crippen LogP contribution in [0.5, 0.6) is 0 Å². The van der Waals surface area contributed by atoms with Gasteiger partial charge in [-0.3, -0.25) is 9.59 Å². The molecule has 0 heterocycles. The van der Waals surface area contributed by atoms with Gasteiger partial charge >= 0.3 is 5.97 Å². The molecule has 0 spiro atoms. The SMILES string of the molecule is C[C@H](OC(=O)Cc1ccc2ccccc2c1)C(=O)Nc1ccc(F)cc1Cl. The van der Waals surface area contributed by atoms with E-state index in [2.05, 4.69) is 5.32 Å². The number of esters is 1. The highest BCUT2D eigenvalue weighted by molar-refractivity contribution is 6.33. The summed E-state index contributed by atoms with van der Waals surface area (Å²) in [6.07, 6.45) is -0.959. The van der Waals surface area contributed by atoms with E-state index in [0.717, 1.165) is 22.4 Å². The van der Waals surface area contributed by atoms with Crippen molar-refractivity contribution < 1.29 is 18.7 Å². The van der Waals surface area contributed by atoms with Gasteiger partial charge in [-0.2, -0.15) is 0 Å². The van der Waals surface area contributed by atoms with E-state index in [9.17, 15) is 14.0 Å². The summed E-state index contributed by atoms with van der Waals surface area (Å²) in [6.45, 7) is 1.46. The van der Waals surface area contributed by atoms with Crippen LogP contribution in [-0.2, 0) is 20.7 Å². The molecule has 3 aromatic rings. The zero-order valence-electron chi connectivity index (χ0n) is 14.5. The molecule has 4 nitrogen and oxygen atoms in total. The van der Waals surface area contributed by atoms with Crippen LogP contribution in [-0.4, -0.2) is 18.0 Å². The van der Waals surface area contributed by atoms with Crippen molar-refractivity contribution in [2.45, 2.75) is 19.4 Å². The van der Waals surface area contributed by atoms with Gasteiger partial charge in [0.05, 0.1) is 17.1 Å². The lowest BCUT2D eigenvalue weighted by Crippen LogP contribution is -2.30. The molecule has 1 atom stereocenters. The Morgan fingerprint density at radius 1 is 1.07 bits per heavy atom. The van der Waals surface area contributed by atoms with Gasteiger partial charge in [-0.25, -0.2) is 4.39 Å². The fourth-order valence-corrected chi connectivity index (χ4v) is 2.85. The predicted octanol–water partition coefficient (Wildman–Crippen LogP) is 4.75. The average molecular weight is 386 g/mol. The first-order chi connectivity index (χ1) is 12.9. The van der Waals surface area contributed by atoms with E-state index in [1.54, 1.807) is 0 Å². The van der Waals surface area contributed by atoms with Gasteiger partial charge in [0.25, 0.3) is 5.91 Å². The monoisotopic (exact) mass is 385 g/mol. The number of hydrogen-bond donors (Lipinski definition) is 1. The number of amides is 1. The molecule has 0 aliphatic heterocycles. The van der Waals surface area contributed by atoms with Crippen molar-refractivity contribution in [1.29, 1.82) is 0 Å². The van der Waals surface area contributed by atoms with Crippen molar-refractivity contribution in [3.63, 3.8) is 0 Å². The molecule has 3 aromatic carbocycles. The first-order valence-electron chi connectivity index (χ1n) is 8.35. The first-order valence-corrected chi connectivity index (χ1v) is 8.73. The number of fused-ring (bicyclic) bond motifs is 1. The largest absolute Gasteiger partial charge is 0.452 e. The smallest absolute Gasteiger partial charge is 0.311 e. The van der Waals surface area contributed by atoms with Gasteiger partial charge in [-0.15, -0.1) is 0 Å². The van der Waals surface area contributed by atoms with E-state index in [0.29, 0.717) is 0 Å². The minimum atomic E-state index is -1.01. The Morgan fingerprint density at radius 3 is 2.56 bits per heavy atom. The van der Waals surface area contributed by atoms with Crippen molar-refractivity contribution in [3.05, 3.63) is 77.1 Å². The fourth-order valence-electron chi connectivity index (χ4n) is 2.63. The highest BCUT2D eigenvalue weighted by atomic mass is 35.5. The van der Waals surface area contributed by atoms with Crippen LogP contribution in [0.15, 0.2) is 60.7 Å². The zero-order valence-corrected chi connectivity index (χ0v) is 15.3. The Bertz CT molecular complexity index is 1010. The number of hydrogen-bond acceptors (Lipinski definition) is 3. The van der Waals surface area contributed by atoms with Crippen molar-refractivity contribution in [3.8, 4) is 0 Å². The number of nitrogens with one attached hydrogen (secondary N) is 1. The van der Waals surface area contributed by atoms with Gasteiger partial charge in [0.15, 0.2) is 6.10 Å². The van der Waals surface area contributed by atoms with E-state index >= 15 is 0 Å². The zero-order chi connectivity index (χ0) is 19.4. The molecule has 0 unspecified atom stereocenters. The molecule has 0 bridgehead atoms. The van der Waals surface area contributed by atoms with Gasteiger partial charge < -0.3 is 10.1 Å². The van der Waals surface area contributed by atoms with Crippen molar-refractivity contribution in [1.82, 2.24) is 0 Å². The molecule has 138 valence electrons. The molecule has 0 fully saturated rings. The van der Waals surface area contributed by atoms with Crippen LogP contribution in [0.2, 0.25) is 5.02 Å². The second-order valence-electron chi connectivity index (χ2n) is 6.10. The van der Waals surface area contributed by atoms with E-state index in [-0.39, 0.29) is 17.1 Å². The molecule has 0 aromatic heterocycles. The standard InChI is InChI=1S/C21H17ClFNO3/c1-13(21(26)24-19-9-8-17(23)12-18(19)22)27-20(25)11-14-6-7-15-4-2-3-5-16(15)10-14/h2-10,12-13H,11H2,1H3,(H,24,26)/t13-/m0/s1. The van der Waals surface area contributed by atoms with Crippen LogP contribution in [0.25, 0.3) is 10.8 Å². The third-order valence-electron chi connectivity index (χ3n) is 4.03. The molecule has 3 rings (SSSR count). The topological polar surface area (TPSA) is 55.4 Å². The maximum absolute atomic E-state index is 13.1. The molecule has 1 amide bonds. The van der Waals surface area contributed by atoms with Gasteiger partial charge in [0, 0.05) is 0 Å². The molecular weight excluding hydrogens is 369 g/mol. The number of benzene rings is 3. The molecule has 0 radical (unpaired) electrons. The fraction of sp³-hybridized carbons (Fsp3) is 0.143. The number of rotatable bonds is 5. The molecule has 27 heavy (non-hydrogen) atoms. The van der Waals surface area contributed by atoms with Crippen LogP contribution in [0, 0.1) is 5.82 Å². The molecule has 0 saturated carbocycles. The summed E-state index contributed by atoms with van der Waals surface area (Å²) in [5, 5.41) is 4.69. The van der Waals surface area contributed by atoms with Crippen LogP contribution >= 0.6 is 11.6 Å². The molecule has 0 saturated heterocycles. The van der Waals surface area contributed by atoms with Crippen LogP contribution in [0.3, 0.4) is 0 Å². The first kappa shape index (κ1) is 18.9. The van der Waals surface area contributed by atoms with Gasteiger partial charge in [-0.05, 0) is 41.5 Å². The predicted molar refractivity (Wildman–Crippen MR) is 103 cm³/mol. The molecule has 6 heteroatoms. The summed E-state index contributed by atoms with van der Waals surface area (Å²) < 4.78 is 18.2. The van der Waals surface area contributed by atoms with Crippen LogP contribution in [0.1, 0.15) is 12.5 Å². The lowest BCUT2D eigenvalue weighted by molar-refractivity contribution is -0.152. The maximum atomic E-state index is 13.1. The molecular formula is C21H17ClFNO3. The highest BCUT2D eigenvalue weighted by Crippen LogP contribution is 2.22. The third-order valence-corrected chi connectivity index (χ3v) is 4.34. The summed E-state index contributed by atoms with van der Waals surface area (Å²) >= 11 is 5.88. The number of anilines is 1. The quantitative estimate of drug-likeness (QED) is 0.645. The Labute approximate surface area is 160 Å². The Kier molecular flexibility index (Phi) is 5.72. The number of carbonyl (C=O) groups excluding carboxylic acids is 2. The Hall–Kier alpha value is -2.92.